The van der Waals surface area contributed by atoms with Crippen molar-refractivity contribution in [1.29, 1.82) is 0 Å². The third-order valence-electron chi connectivity index (χ3n) is 2.87. The van der Waals surface area contributed by atoms with Crippen molar-refractivity contribution in [2.24, 2.45) is 0 Å². The second kappa shape index (κ2) is 7.17. The molecule has 4 nitrogen and oxygen atoms in total. The highest BCUT2D eigenvalue weighted by Gasteiger charge is 2.15. The number of hydrogen-bond donors (Lipinski definition) is 0. The average Bonchev–Trinajstić information content (AvgIpc) is 2.49. The second-order valence-electron chi connectivity index (χ2n) is 4.20. The lowest BCUT2D eigenvalue weighted by molar-refractivity contribution is -0.384. The molecule has 0 amide bonds. The number of halogens is 1. The van der Waals surface area contributed by atoms with Crippen LogP contribution in [0.15, 0.2) is 54.6 Å². The summed E-state index contributed by atoms with van der Waals surface area (Å²) in [6.45, 7) is 0.566. The SMILES string of the molecule is O=[N+]([O-])c1ccc([C@@H](OCCBr)c2ccccc2)cc1. The van der Waals surface area contributed by atoms with Crippen LogP contribution in [0.25, 0.3) is 0 Å². The summed E-state index contributed by atoms with van der Waals surface area (Å²) in [5.74, 6) is 0. The van der Waals surface area contributed by atoms with E-state index >= 15 is 0 Å². The van der Waals surface area contributed by atoms with Gasteiger partial charge in [-0.05, 0) is 23.3 Å². The lowest BCUT2D eigenvalue weighted by Gasteiger charge is -2.18. The van der Waals surface area contributed by atoms with Crippen molar-refractivity contribution in [2.75, 3.05) is 11.9 Å². The molecule has 0 spiro atoms. The van der Waals surface area contributed by atoms with Gasteiger partial charge in [0.1, 0.15) is 6.10 Å². The minimum atomic E-state index is -0.402. The van der Waals surface area contributed by atoms with E-state index in [0.29, 0.717) is 6.61 Å². The molecule has 0 aliphatic rings. The summed E-state index contributed by atoms with van der Waals surface area (Å²) in [4.78, 5) is 10.3. The van der Waals surface area contributed by atoms with Crippen LogP contribution in [0.4, 0.5) is 5.69 Å². The Balaban J connectivity index is 2.28. The minimum absolute atomic E-state index is 0.0843. The molecule has 2 rings (SSSR count). The number of rotatable bonds is 6. The summed E-state index contributed by atoms with van der Waals surface area (Å²) >= 11 is 3.34. The monoisotopic (exact) mass is 335 g/mol. The molecule has 1 atom stereocenters. The first-order valence-electron chi connectivity index (χ1n) is 6.19. The summed E-state index contributed by atoms with van der Waals surface area (Å²) in [7, 11) is 0. The van der Waals surface area contributed by atoms with Crippen LogP contribution in [-0.4, -0.2) is 16.9 Å². The Morgan fingerprint density at radius 2 is 1.65 bits per heavy atom. The maximum atomic E-state index is 10.7. The Kier molecular flexibility index (Phi) is 5.26. The molecule has 104 valence electrons. The zero-order chi connectivity index (χ0) is 14.4. The Labute approximate surface area is 125 Å². The first-order chi connectivity index (χ1) is 9.72. The number of nitro groups is 1. The minimum Gasteiger partial charge on any atom is -0.368 e. The van der Waals surface area contributed by atoms with Crippen LogP contribution >= 0.6 is 15.9 Å². The van der Waals surface area contributed by atoms with Crippen LogP contribution in [0.1, 0.15) is 17.2 Å². The summed E-state index contributed by atoms with van der Waals surface area (Å²) in [6.07, 6.45) is -0.213. The molecule has 5 heteroatoms. The Morgan fingerprint density at radius 1 is 1.05 bits per heavy atom. The number of nitro benzene ring substituents is 1. The summed E-state index contributed by atoms with van der Waals surface area (Å²) in [5.41, 5.74) is 2.02. The van der Waals surface area contributed by atoms with Crippen molar-refractivity contribution in [2.45, 2.75) is 6.10 Å². The summed E-state index contributed by atoms with van der Waals surface area (Å²) in [5, 5.41) is 11.4. The van der Waals surface area contributed by atoms with Gasteiger partial charge in [-0.3, -0.25) is 10.1 Å². The first-order valence-corrected chi connectivity index (χ1v) is 7.31. The molecule has 0 saturated heterocycles. The van der Waals surface area contributed by atoms with Crippen molar-refractivity contribution in [1.82, 2.24) is 0 Å². The highest BCUT2D eigenvalue weighted by atomic mass is 79.9. The van der Waals surface area contributed by atoms with E-state index in [2.05, 4.69) is 15.9 Å². The Morgan fingerprint density at radius 3 is 2.20 bits per heavy atom. The molecule has 0 unspecified atom stereocenters. The lowest BCUT2D eigenvalue weighted by atomic mass is 10.0. The fraction of sp³-hybridized carbons (Fsp3) is 0.200. The van der Waals surface area contributed by atoms with E-state index in [9.17, 15) is 10.1 Å². The molecule has 0 heterocycles. The van der Waals surface area contributed by atoms with Crippen LogP contribution in [0.3, 0.4) is 0 Å². The van der Waals surface area contributed by atoms with Gasteiger partial charge >= 0.3 is 0 Å². The van der Waals surface area contributed by atoms with Crippen LogP contribution in [0.2, 0.25) is 0 Å². The van der Waals surface area contributed by atoms with E-state index in [1.165, 1.54) is 12.1 Å². The molecule has 0 saturated carbocycles. The first kappa shape index (κ1) is 14.7. The van der Waals surface area contributed by atoms with Gasteiger partial charge in [-0.15, -0.1) is 0 Å². The predicted molar refractivity (Wildman–Crippen MR) is 81.1 cm³/mol. The molecule has 2 aromatic rings. The highest BCUT2D eigenvalue weighted by Crippen LogP contribution is 2.27. The quantitative estimate of drug-likeness (QED) is 0.453. The van der Waals surface area contributed by atoms with E-state index in [1.807, 2.05) is 30.3 Å². The number of hydrogen-bond acceptors (Lipinski definition) is 3. The van der Waals surface area contributed by atoms with E-state index < -0.39 is 4.92 Å². The van der Waals surface area contributed by atoms with E-state index in [4.69, 9.17) is 4.74 Å². The Hall–Kier alpha value is -1.72. The molecular weight excluding hydrogens is 322 g/mol. The summed E-state index contributed by atoms with van der Waals surface area (Å²) < 4.78 is 5.85. The number of alkyl halides is 1. The number of ether oxygens (including phenoxy) is 1. The topological polar surface area (TPSA) is 52.4 Å². The van der Waals surface area contributed by atoms with E-state index in [-0.39, 0.29) is 11.8 Å². The average molecular weight is 336 g/mol. The van der Waals surface area contributed by atoms with Gasteiger partial charge in [0.2, 0.25) is 0 Å². The largest absolute Gasteiger partial charge is 0.368 e. The van der Waals surface area contributed by atoms with Crippen LogP contribution in [-0.2, 0) is 4.74 Å². The third-order valence-corrected chi connectivity index (χ3v) is 3.19. The van der Waals surface area contributed by atoms with Gasteiger partial charge in [0.05, 0.1) is 11.5 Å². The zero-order valence-electron chi connectivity index (χ0n) is 10.7. The predicted octanol–water partition coefficient (Wildman–Crippen LogP) is 4.10. The zero-order valence-corrected chi connectivity index (χ0v) is 12.3. The molecule has 0 fully saturated rings. The van der Waals surface area contributed by atoms with Crippen molar-refractivity contribution < 1.29 is 9.66 Å². The van der Waals surface area contributed by atoms with Gasteiger partial charge in [0, 0.05) is 17.5 Å². The lowest BCUT2D eigenvalue weighted by Crippen LogP contribution is -2.08. The summed E-state index contributed by atoms with van der Waals surface area (Å²) in [6, 6.07) is 16.3. The second-order valence-corrected chi connectivity index (χ2v) is 4.99. The fourth-order valence-electron chi connectivity index (χ4n) is 1.95. The normalized spacial score (nSPS) is 12.1. The van der Waals surface area contributed by atoms with Crippen molar-refractivity contribution in [3.8, 4) is 0 Å². The standard InChI is InChI=1S/C15H14BrNO3/c16-10-11-20-15(12-4-2-1-3-5-12)13-6-8-14(9-7-13)17(18)19/h1-9,15H,10-11H2/t15-/m0/s1. The van der Waals surface area contributed by atoms with Gasteiger partial charge in [0.25, 0.3) is 5.69 Å². The molecule has 2 aromatic carbocycles. The molecular formula is C15H14BrNO3. The maximum absolute atomic E-state index is 10.7. The van der Waals surface area contributed by atoms with E-state index in [1.54, 1.807) is 12.1 Å². The fourth-order valence-corrected chi connectivity index (χ4v) is 2.13. The van der Waals surface area contributed by atoms with Crippen molar-refractivity contribution >= 4 is 21.6 Å². The molecule has 0 radical (unpaired) electrons. The molecule has 0 aliphatic carbocycles. The van der Waals surface area contributed by atoms with Crippen LogP contribution in [0.5, 0.6) is 0 Å². The van der Waals surface area contributed by atoms with Gasteiger partial charge in [-0.25, -0.2) is 0 Å². The van der Waals surface area contributed by atoms with Gasteiger partial charge in [-0.2, -0.15) is 0 Å². The highest BCUT2D eigenvalue weighted by molar-refractivity contribution is 9.09. The molecule has 20 heavy (non-hydrogen) atoms. The van der Waals surface area contributed by atoms with Gasteiger partial charge < -0.3 is 4.74 Å². The van der Waals surface area contributed by atoms with Gasteiger partial charge in [-0.1, -0.05) is 46.3 Å². The van der Waals surface area contributed by atoms with Gasteiger partial charge in [0.15, 0.2) is 0 Å². The molecule has 0 aliphatic heterocycles. The van der Waals surface area contributed by atoms with Crippen molar-refractivity contribution in [3.63, 3.8) is 0 Å². The number of nitrogens with zero attached hydrogens (tertiary/aromatic N) is 1. The molecule has 0 aromatic heterocycles. The van der Waals surface area contributed by atoms with Crippen LogP contribution < -0.4 is 0 Å². The maximum Gasteiger partial charge on any atom is 0.269 e. The molecule has 0 bridgehead atoms. The van der Waals surface area contributed by atoms with E-state index in [0.717, 1.165) is 16.5 Å². The van der Waals surface area contributed by atoms with Crippen LogP contribution in [0, 0.1) is 10.1 Å². The smallest absolute Gasteiger partial charge is 0.269 e. The Bertz CT molecular complexity index is 557. The third kappa shape index (κ3) is 3.65. The number of benzene rings is 2. The van der Waals surface area contributed by atoms with Crippen molar-refractivity contribution in [3.05, 3.63) is 75.8 Å². The molecule has 0 N–H and O–H groups in total. The number of non-ortho nitro benzene ring substituents is 1.